The SMILES string of the molecule is COc1cc(N2CCCC2)ccc1-c1ccc(C(C)=O)o1. The molecule has 0 radical (unpaired) electrons. The van der Waals surface area contributed by atoms with Crippen molar-refractivity contribution < 1.29 is 13.9 Å². The van der Waals surface area contributed by atoms with Crippen LogP contribution in [0.2, 0.25) is 0 Å². The van der Waals surface area contributed by atoms with Crippen molar-refractivity contribution in [1.82, 2.24) is 0 Å². The van der Waals surface area contributed by atoms with Crippen LogP contribution in [-0.4, -0.2) is 26.0 Å². The van der Waals surface area contributed by atoms with Gasteiger partial charge in [0.05, 0.1) is 12.7 Å². The second-order valence-corrected chi connectivity index (χ2v) is 5.30. The van der Waals surface area contributed by atoms with Gasteiger partial charge in [-0.3, -0.25) is 4.79 Å². The second kappa shape index (κ2) is 5.64. The maximum absolute atomic E-state index is 11.3. The Kier molecular flexibility index (Phi) is 3.69. The van der Waals surface area contributed by atoms with Crippen molar-refractivity contribution in [2.45, 2.75) is 19.8 Å². The van der Waals surface area contributed by atoms with Gasteiger partial charge in [0.25, 0.3) is 0 Å². The van der Waals surface area contributed by atoms with Crippen molar-refractivity contribution >= 4 is 11.5 Å². The quantitative estimate of drug-likeness (QED) is 0.802. The molecule has 0 bridgehead atoms. The van der Waals surface area contributed by atoms with Crippen LogP contribution in [-0.2, 0) is 0 Å². The zero-order chi connectivity index (χ0) is 14.8. The number of hydrogen-bond donors (Lipinski definition) is 0. The zero-order valence-electron chi connectivity index (χ0n) is 12.4. The Hall–Kier alpha value is -2.23. The van der Waals surface area contributed by atoms with Gasteiger partial charge in [-0.2, -0.15) is 0 Å². The molecule has 1 fully saturated rings. The van der Waals surface area contributed by atoms with E-state index in [1.807, 2.05) is 18.2 Å². The van der Waals surface area contributed by atoms with Crippen molar-refractivity contribution in [3.05, 3.63) is 36.1 Å². The monoisotopic (exact) mass is 285 g/mol. The smallest absolute Gasteiger partial charge is 0.194 e. The number of carbonyl (C=O) groups excluding carboxylic acids is 1. The number of furan rings is 1. The highest BCUT2D eigenvalue weighted by molar-refractivity contribution is 5.92. The van der Waals surface area contributed by atoms with Crippen molar-refractivity contribution in [3.63, 3.8) is 0 Å². The summed E-state index contributed by atoms with van der Waals surface area (Å²) in [7, 11) is 1.65. The number of ketones is 1. The molecule has 0 N–H and O–H groups in total. The van der Waals surface area contributed by atoms with Gasteiger partial charge >= 0.3 is 0 Å². The zero-order valence-corrected chi connectivity index (χ0v) is 12.4. The van der Waals surface area contributed by atoms with Gasteiger partial charge in [0.2, 0.25) is 0 Å². The topological polar surface area (TPSA) is 42.7 Å². The molecule has 0 amide bonds. The predicted octanol–water partition coefficient (Wildman–Crippen LogP) is 3.76. The largest absolute Gasteiger partial charge is 0.496 e. The van der Waals surface area contributed by atoms with Crippen LogP contribution in [0.1, 0.15) is 30.3 Å². The molecule has 21 heavy (non-hydrogen) atoms. The molecule has 1 aliphatic heterocycles. The standard InChI is InChI=1S/C17H19NO3/c1-12(19)15-7-8-16(21-15)14-6-5-13(11-17(14)20-2)18-9-3-4-10-18/h5-8,11H,3-4,9-10H2,1-2H3. The number of ether oxygens (including phenoxy) is 1. The molecule has 1 aliphatic rings. The molecule has 0 aliphatic carbocycles. The summed E-state index contributed by atoms with van der Waals surface area (Å²) in [6, 6.07) is 9.63. The number of hydrogen-bond acceptors (Lipinski definition) is 4. The van der Waals surface area contributed by atoms with E-state index in [0.717, 1.165) is 24.4 Å². The van der Waals surface area contributed by atoms with Gasteiger partial charge in [-0.15, -0.1) is 0 Å². The predicted molar refractivity (Wildman–Crippen MR) is 82.1 cm³/mol. The molecule has 3 rings (SSSR count). The van der Waals surface area contributed by atoms with E-state index >= 15 is 0 Å². The fourth-order valence-corrected chi connectivity index (χ4v) is 2.73. The molecule has 0 saturated carbocycles. The minimum Gasteiger partial charge on any atom is -0.496 e. The van der Waals surface area contributed by atoms with E-state index in [0.29, 0.717) is 11.5 Å². The lowest BCUT2D eigenvalue weighted by Crippen LogP contribution is -2.17. The Balaban J connectivity index is 1.95. The summed E-state index contributed by atoms with van der Waals surface area (Å²) in [6.07, 6.45) is 2.48. The number of Topliss-reactive ketones (excluding diaryl/α,β-unsaturated/α-hetero) is 1. The van der Waals surface area contributed by atoms with Crippen LogP contribution in [0, 0.1) is 0 Å². The number of rotatable bonds is 4. The highest BCUT2D eigenvalue weighted by Gasteiger charge is 2.17. The van der Waals surface area contributed by atoms with Crippen LogP contribution in [0.3, 0.4) is 0 Å². The molecule has 4 nitrogen and oxygen atoms in total. The summed E-state index contributed by atoms with van der Waals surface area (Å²) in [5.41, 5.74) is 2.04. The average molecular weight is 285 g/mol. The number of anilines is 1. The fourth-order valence-electron chi connectivity index (χ4n) is 2.73. The normalized spacial score (nSPS) is 14.5. The van der Waals surface area contributed by atoms with E-state index in [1.165, 1.54) is 25.5 Å². The van der Waals surface area contributed by atoms with Gasteiger partial charge < -0.3 is 14.1 Å². The Morgan fingerprint density at radius 1 is 1.19 bits per heavy atom. The van der Waals surface area contributed by atoms with Crippen molar-refractivity contribution in [2.24, 2.45) is 0 Å². The maximum atomic E-state index is 11.3. The number of benzene rings is 1. The second-order valence-electron chi connectivity index (χ2n) is 5.30. The maximum Gasteiger partial charge on any atom is 0.194 e. The lowest BCUT2D eigenvalue weighted by molar-refractivity contribution is 0.0988. The molecule has 2 heterocycles. The summed E-state index contributed by atoms with van der Waals surface area (Å²) >= 11 is 0. The average Bonchev–Trinajstić information content (AvgIpc) is 3.18. The summed E-state index contributed by atoms with van der Waals surface area (Å²) in [4.78, 5) is 13.7. The van der Waals surface area contributed by atoms with E-state index in [-0.39, 0.29) is 5.78 Å². The van der Waals surface area contributed by atoms with Crippen molar-refractivity contribution in [1.29, 1.82) is 0 Å². The minimum absolute atomic E-state index is 0.0751. The van der Waals surface area contributed by atoms with Crippen LogP contribution in [0.4, 0.5) is 5.69 Å². The fraction of sp³-hybridized carbons (Fsp3) is 0.353. The van der Waals surface area contributed by atoms with Crippen LogP contribution in [0.15, 0.2) is 34.7 Å². The van der Waals surface area contributed by atoms with E-state index in [2.05, 4.69) is 11.0 Å². The number of methoxy groups -OCH3 is 1. The van der Waals surface area contributed by atoms with Gasteiger partial charge in [-0.05, 0) is 37.1 Å². The number of carbonyl (C=O) groups is 1. The van der Waals surface area contributed by atoms with Gasteiger partial charge in [0, 0.05) is 31.8 Å². The lowest BCUT2D eigenvalue weighted by atomic mass is 10.1. The highest BCUT2D eigenvalue weighted by atomic mass is 16.5. The first-order chi connectivity index (χ1) is 10.2. The molecule has 1 aromatic heterocycles. The first kappa shape index (κ1) is 13.7. The highest BCUT2D eigenvalue weighted by Crippen LogP contribution is 2.35. The van der Waals surface area contributed by atoms with Gasteiger partial charge in [0.15, 0.2) is 11.5 Å². The molecule has 1 saturated heterocycles. The Morgan fingerprint density at radius 3 is 2.57 bits per heavy atom. The number of nitrogens with zero attached hydrogens (tertiary/aromatic N) is 1. The van der Waals surface area contributed by atoms with Crippen LogP contribution < -0.4 is 9.64 Å². The minimum atomic E-state index is -0.0751. The van der Waals surface area contributed by atoms with Crippen molar-refractivity contribution in [2.75, 3.05) is 25.1 Å². The Labute approximate surface area is 124 Å². The van der Waals surface area contributed by atoms with E-state index < -0.39 is 0 Å². The third-order valence-electron chi connectivity index (χ3n) is 3.87. The summed E-state index contributed by atoms with van der Waals surface area (Å²) in [6.45, 7) is 3.69. The van der Waals surface area contributed by atoms with Crippen molar-refractivity contribution in [3.8, 4) is 17.1 Å². The molecule has 0 atom stereocenters. The third-order valence-corrected chi connectivity index (χ3v) is 3.87. The van der Waals surface area contributed by atoms with Crippen LogP contribution >= 0.6 is 0 Å². The molecular formula is C17H19NO3. The van der Waals surface area contributed by atoms with Gasteiger partial charge in [-0.1, -0.05) is 0 Å². The van der Waals surface area contributed by atoms with E-state index in [1.54, 1.807) is 13.2 Å². The summed E-state index contributed by atoms with van der Waals surface area (Å²) < 4.78 is 11.1. The molecule has 1 aromatic carbocycles. The Morgan fingerprint density at radius 2 is 1.95 bits per heavy atom. The molecular weight excluding hydrogens is 266 g/mol. The van der Waals surface area contributed by atoms with Gasteiger partial charge in [-0.25, -0.2) is 0 Å². The first-order valence-corrected chi connectivity index (χ1v) is 7.23. The molecule has 4 heteroatoms. The molecule has 110 valence electrons. The molecule has 0 unspecified atom stereocenters. The van der Waals surface area contributed by atoms with Crippen LogP contribution in [0.5, 0.6) is 5.75 Å². The summed E-state index contributed by atoms with van der Waals surface area (Å²) in [5, 5.41) is 0. The van der Waals surface area contributed by atoms with Crippen LogP contribution in [0.25, 0.3) is 11.3 Å². The first-order valence-electron chi connectivity index (χ1n) is 7.23. The lowest BCUT2D eigenvalue weighted by Gasteiger charge is -2.19. The van der Waals surface area contributed by atoms with E-state index in [4.69, 9.17) is 9.15 Å². The van der Waals surface area contributed by atoms with Gasteiger partial charge in [0.1, 0.15) is 11.5 Å². The summed E-state index contributed by atoms with van der Waals surface area (Å²) in [5.74, 6) is 1.72. The van der Waals surface area contributed by atoms with E-state index in [9.17, 15) is 4.79 Å². The molecule has 0 spiro atoms. The third kappa shape index (κ3) is 2.66. The Bertz CT molecular complexity index is 654. The molecule has 2 aromatic rings.